The fourth-order valence-corrected chi connectivity index (χ4v) is 5.27. The highest BCUT2D eigenvalue weighted by Gasteiger charge is 2.69. The molecular weight excluding hydrogens is 236 g/mol. The summed E-state index contributed by atoms with van der Waals surface area (Å²) in [5.41, 5.74) is 2.41. The number of rotatable bonds is 0. The molecule has 0 radical (unpaired) electrons. The van der Waals surface area contributed by atoms with Crippen LogP contribution in [0.5, 0.6) is 11.5 Å². The summed E-state index contributed by atoms with van der Waals surface area (Å²) in [4.78, 5) is 0. The minimum absolute atomic E-state index is 0.0158. The van der Waals surface area contributed by atoms with Gasteiger partial charge in [-0.2, -0.15) is 0 Å². The van der Waals surface area contributed by atoms with E-state index in [4.69, 9.17) is 4.74 Å². The number of phenols is 1. The molecule has 1 aromatic rings. The molecule has 2 aliphatic carbocycles. The van der Waals surface area contributed by atoms with E-state index in [9.17, 15) is 5.11 Å². The summed E-state index contributed by atoms with van der Waals surface area (Å²) in [7, 11) is 0. The summed E-state index contributed by atoms with van der Waals surface area (Å²) in [5, 5.41) is 10.4. The predicted octanol–water partition coefficient (Wildman–Crippen LogP) is 4.00. The lowest BCUT2D eigenvalue weighted by Gasteiger charge is -2.62. The van der Waals surface area contributed by atoms with Crippen LogP contribution >= 0.6 is 0 Å². The topological polar surface area (TPSA) is 29.5 Å². The normalized spacial score (nSPS) is 40.9. The van der Waals surface area contributed by atoms with Crippen LogP contribution in [0.4, 0.5) is 0 Å². The van der Waals surface area contributed by atoms with Crippen molar-refractivity contribution in [2.75, 3.05) is 0 Å². The number of aromatic hydroxyl groups is 1. The van der Waals surface area contributed by atoms with Crippen LogP contribution in [0.1, 0.15) is 50.7 Å². The third-order valence-corrected chi connectivity index (χ3v) is 6.13. The second-order valence-corrected chi connectivity index (χ2v) is 7.58. The molecule has 2 heteroatoms. The Bertz CT molecular complexity index is 575. The largest absolute Gasteiger partial charge is 0.508 e. The van der Waals surface area contributed by atoms with Gasteiger partial charge in [0.15, 0.2) is 0 Å². The van der Waals surface area contributed by atoms with Gasteiger partial charge in [-0.15, -0.1) is 0 Å². The number of benzene rings is 1. The first kappa shape index (κ1) is 11.6. The Morgan fingerprint density at radius 1 is 1.26 bits per heavy atom. The lowest BCUT2D eigenvalue weighted by molar-refractivity contribution is -0.121. The number of ether oxygens (including phenoxy) is 1. The first-order valence-corrected chi connectivity index (χ1v) is 7.37. The monoisotopic (exact) mass is 258 g/mol. The van der Waals surface area contributed by atoms with Crippen molar-refractivity contribution in [1.82, 2.24) is 0 Å². The molecule has 4 rings (SSSR count). The van der Waals surface area contributed by atoms with E-state index in [-0.39, 0.29) is 11.0 Å². The second kappa shape index (κ2) is 3.11. The third kappa shape index (κ3) is 1.19. The Hall–Kier alpha value is -1.18. The first-order valence-electron chi connectivity index (χ1n) is 7.37. The molecule has 1 N–H and O–H groups in total. The molecule has 2 saturated carbocycles. The van der Waals surface area contributed by atoms with Crippen molar-refractivity contribution in [3.63, 3.8) is 0 Å². The Balaban J connectivity index is 1.95. The van der Waals surface area contributed by atoms with E-state index in [0.29, 0.717) is 17.6 Å². The van der Waals surface area contributed by atoms with E-state index < -0.39 is 0 Å². The molecule has 19 heavy (non-hydrogen) atoms. The van der Waals surface area contributed by atoms with Crippen LogP contribution in [-0.4, -0.2) is 10.7 Å². The third-order valence-electron chi connectivity index (χ3n) is 6.13. The van der Waals surface area contributed by atoms with Gasteiger partial charge in [0.2, 0.25) is 0 Å². The Morgan fingerprint density at radius 2 is 2.00 bits per heavy atom. The maximum atomic E-state index is 10.4. The first-order chi connectivity index (χ1) is 8.84. The zero-order valence-corrected chi connectivity index (χ0v) is 12.2. The van der Waals surface area contributed by atoms with E-state index in [1.54, 1.807) is 0 Å². The standard InChI is InChI=1S/C17H22O2/c1-9-7-11(18)13-12(8-9)19-17(4)6-5-10-14(17)15(13)16(10,2)3/h7-8,10,14-15,18H,5-6H2,1-4H3/t10-,14+,15+,17+/m1/s1. The van der Waals surface area contributed by atoms with Gasteiger partial charge in [0.25, 0.3) is 0 Å². The second-order valence-electron chi connectivity index (χ2n) is 7.58. The van der Waals surface area contributed by atoms with E-state index in [0.717, 1.165) is 29.2 Å². The van der Waals surface area contributed by atoms with Crippen LogP contribution in [0, 0.1) is 24.2 Å². The summed E-state index contributed by atoms with van der Waals surface area (Å²) in [6, 6.07) is 3.97. The highest BCUT2D eigenvalue weighted by Crippen LogP contribution is 2.74. The molecule has 1 aliphatic heterocycles. The molecular formula is C17H22O2. The van der Waals surface area contributed by atoms with Gasteiger partial charge >= 0.3 is 0 Å². The fourth-order valence-electron chi connectivity index (χ4n) is 5.27. The van der Waals surface area contributed by atoms with Crippen molar-refractivity contribution < 1.29 is 9.84 Å². The van der Waals surface area contributed by atoms with Crippen molar-refractivity contribution in [2.45, 2.75) is 52.1 Å². The van der Waals surface area contributed by atoms with Crippen LogP contribution in [0.25, 0.3) is 0 Å². The molecule has 1 aromatic carbocycles. The summed E-state index contributed by atoms with van der Waals surface area (Å²) in [5.74, 6) is 3.14. The summed E-state index contributed by atoms with van der Waals surface area (Å²) >= 11 is 0. The minimum atomic E-state index is -0.0158. The average Bonchev–Trinajstić information content (AvgIpc) is 2.61. The molecule has 102 valence electrons. The zero-order chi connectivity index (χ0) is 13.6. The molecule has 0 amide bonds. The Kier molecular flexibility index (Phi) is 1.90. The van der Waals surface area contributed by atoms with E-state index in [1.807, 2.05) is 13.0 Å². The fraction of sp³-hybridized carbons (Fsp3) is 0.647. The van der Waals surface area contributed by atoms with Crippen LogP contribution in [0.3, 0.4) is 0 Å². The molecule has 2 fully saturated rings. The van der Waals surface area contributed by atoms with Crippen molar-refractivity contribution in [1.29, 1.82) is 0 Å². The maximum absolute atomic E-state index is 10.4. The van der Waals surface area contributed by atoms with Gasteiger partial charge < -0.3 is 9.84 Å². The number of hydrogen-bond acceptors (Lipinski definition) is 2. The molecule has 2 nitrogen and oxygen atoms in total. The molecule has 4 atom stereocenters. The zero-order valence-electron chi connectivity index (χ0n) is 12.2. The van der Waals surface area contributed by atoms with Crippen LogP contribution < -0.4 is 4.74 Å². The molecule has 0 bridgehead atoms. The van der Waals surface area contributed by atoms with Crippen molar-refractivity contribution in [3.8, 4) is 11.5 Å². The number of hydrogen-bond donors (Lipinski definition) is 1. The van der Waals surface area contributed by atoms with Gasteiger partial charge in [-0.3, -0.25) is 0 Å². The van der Waals surface area contributed by atoms with Crippen molar-refractivity contribution in [2.24, 2.45) is 17.3 Å². The number of phenolic OH excluding ortho intramolecular Hbond substituents is 1. The van der Waals surface area contributed by atoms with E-state index in [2.05, 4.69) is 26.8 Å². The Labute approximate surface area is 114 Å². The van der Waals surface area contributed by atoms with Gasteiger partial charge in [0.1, 0.15) is 17.1 Å². The molecule has 3 aliphatic rings. The van der Waals surface area contributed by atoms with Gasteiger partial charge in [-0.05, 0) is 55.7 Å². The van der Waals surface area contributed by atoms with Gasteiger partial charge in [0.05, 0.1) is 0 Å². The minimum Gasteiger partial charge on any atom is -0.508 e. The highest BCUT2D eigenvalue weighted by atomic mass is 16.5. The molecule has 0 unspecified atom stereocenters. The quantitative estimate of drug-likeness (QED) is 0.762. The SMILES string of the molecule is Cc1cc(O)c2c(c1)O[C@@]1(C)CC[C@@H]3[C@H]1[C@H]2C3(C)C. The van der Waals surface area contributed by atoms with Crippen molar-refractivity contribution in [3.05, 3.63) is 23.3 Å². The van der Waals surface area contributed by atoms with Gasteiger partial charge in [-0.25, -0.2) is 0 Å². The van der Waals surface area contributed by atoms with Crippen LogP contribution in [-0.2, 0) is 0 Å². The molecule has 1 heterocycles. The summed E-state index contributed by atoms with van der Waals surface area (Å²) < 4.78 is 6.34. The number of fused-ring (bicyclic) bond motifs is 2. The molecule has 0 saturated heterocycles. The van der Waals surface area contributed by atoms with Gasteiger partial charge in [0, 0.05) is 17.4 Å². The lowest BCUT2D eigenvalue weighted by atomic mass is 9.45. The highest BCUT2D eigenvalue weighted by molar-refractivity contribution is 5.54. The molecule has 0 spiro atoms. The van der Waals surface area contributed by atoms with E-state index in [1.165, 1.54) is 6.42 Å². The number of aryl methyl sites for hydroxylation is 1. The predicted molar refractivity (Wildman–Crippen MR) is 74.6 cm³/mol. The Morgan fingerprint density at radius 3 is 2.74 bits per heavy atom. The van der Waals surface area contributed by atoms with Crippen molar-refractivity contribution >= 4 is 0 Å². The average molecular weight is 258 g/mol. The summed E-state index contributed by atoms with van der Waals surface area (Å²) in [6.45, 7) is 9.00. The molecule has 0 aromatic heterocycles. The smallest absolute Gasteiger partial charge is 0.127 e. The van der Waals surface area contributed by atoms with Crippen LogP contribution in [0.2, 0.25) is 0 Å². The van der Waals surface area contributed by atoms with E-state index >= 15 is 0 Å². The summed E-state index contributed by atoms with van der Waals surface area (Å²) in [6.07, 6.45) is 2.41. The van der Waals surface area contributed by atoms with Crippen LogP contribution in [0.15, 0.2) is 12.1 Å². The van der Waals surface area contributed by atoms with Gasteiger partial charge in [-0.1, -0.05) is 13.8 Å². The maximum Gasteiger partial charge on any atom is 0.127 e. The lowest BCUT2D eigenvalue weighted by Crippen LogP contribution is -2.59.